The highest BCUT2D eigenvalue weighted by Crippen LogP contribution is 2.41. The van der Waals surface area contributed by atoms with Gasteiger partial charge < -0.3 is 20.2 Å². The van der Waals surface area contributed by atoms with E-state index in [-0.39, 0.29) is 17.2 Å². The molecule has 33 heavy (non-hydrogen) atoms. The third-order valence-corrected chi connectivity index (χ3v) is 6.88. The lowest BCUT2D eigenvalue weighted by atomic mass is 9.71. The molecular formula is C25H26N4O4. The molecule has 1 aromatic heterocycles. The third-order valence-electron chi connectivity index (χ3n) is 6.88. The van der Waals surface area contributed by atoms with Crippen molar-refractivity contribution in [2.45, 2.75) is 45.1 Å². The number of rotatable bonds is 5. The number of carbonyl (C=O) groups is 2. The van der Waals surface area contributed by atoms with Crippen molar-refractivity contribution in [3.05, 3.63) is 74.3 Å². The maximum Gasteiger partial charge on any atom is 0.314 e. The second kappa shape index (κ2) is 8.35. The normalized spacial score (nSPS) is 17.2. The zero-order valence-corrected chi connectivity index (χ0v) is 18.3. The Morgan fingerprint density at radius 3 is 2.42 bits per heavy atom. The lowest BCUT2D eigenvalue weighted by Gasteiger charge is -2.39. The summed E-state index contributed by atoms with van der Waals surface area (Å²) >= 11 is 0. The topological polar surface area (TPSA) is 115 Å². The minimum atomic E-state index is -0.733. The van der Waals surface area contributed by atoms with E-state index in [1.165, 1.54) is 0 Å². The van der Waals surface area contributed by atoms with Crippen molar-refractivity contribution >= 4 is 28.5 Å². The zero-order valence-electron chi connectivity index (χ0n) is 18.3. The Hall–Kier alpha value is -3.68. The van der Waals surface area contributed by atoms with E-state index < -0.39 is 11.1 Å². The molecule has 170 valence electrons. The fourth-order valence-electron chi connectivity index (χ4n) is 5.28. The molecule has 2 amide bonds. The molecule has 2 heterocycles. The van der Waals surface area contributed by atoms with Gasteiger partial charge in [0.2, 0.25) is 5.91 Å². The van der Waals surface area contributed by atoms with Crippen LogP contribution >= 0.6 is 0 Å². The molecule has 0 atom stereocenters. The van der Waals surface area contributed by atoms with Gasteiger partial charge in [0.05, 0.1) is 11.0 Å². The van der Waals surface area contributed by atoms with Crippen LogP contribution in [0.2, 0.25) is 0 Å². The second-order valence-electron chi connectivity index (χ2n) is 9.27. The fraction of sp³-hybridized carbons (Fsp3) is 0.360. The lowest BCUT2D eigenvalue weighted by Crippen LogP contribution is -2.41. The van der Waals surface area contributed by atoms with Crippen LogP contribution in [-0.4, -0.2) is 33.2 Å². The molecule has 2 aliphatic rings. The van der Waals surface area contributed by atoms with Crippen LogP contribution in [-0.2, 0) is 11.3 Å². The van der Waals surface area contributed by atoms with E-state index in [0.29, 0.717) is 36.2 Å². The molecule has 2 aromatic carbocycles. The number of aromatic nitrogens is 2. The van der Waals surface area contributed by atoms with E-state index in [1.807, 2.05) is 29.2 Å². The van der Waals surface area contributed by atoms with Crippen molar-refractivity contribution in [3.8, 4) is 0 Å². The van der Waals surface area contributed by atoms with Gasteiger partial charge in [-0.15, -0.1) is 0 Å². The first kappa shape index (κ1) is 21.2. The number of anilines is 1. The molecule has 1 aliphatic carbocycles. The summed E-state index contributed by atoms with van der Waals surface area (Å²) in [6, 6.07) is 12.7. The highest BCUT2D eigenvalue weighted by molar-refractivity contribution is 5.98. The second-order valence-corrected chi connectivity index (χ2v) is 9.27. The number of nitrogens with one attached hydrogen (secondary N) is 3. The average Bonchev–Trinajstić information content (AvgIpc) is 3.10. The Morgan fingerprint density at radius 1 is 0.939 bits per heavy atom. The van der Waals surface area contributed by atoms with Gasteiger partial charge in [-0.2, -0.15) is 0 Å². The maximum atomic E-state index is 13.1. The number of carbonyl (C=O) groups excluding carboxylic acids is 2. The molecule has 3 aromatic rings. The maximum absolute atomic E-state index is 13.1. The Labute approximate surface area is 190 Å². The van der Waals surface area contributed by atoms with E-state index in [0.717, 1.165) is 43.2 Å². The minimum absolute atomic E-state index is 0.0448. The van der Waals surface area contributed by atoms with Gasteiger partial charge in [0, 0.05) is 30.8 Å². The first-order chi connectivity index (χ1) is 15.9. The van der Waals surface area contributed by atoms with Crippen LogP contribution in [0.5, 0.6) is 0 Å². The van der Waals surface area contributed by atoms with Crippen molar-refractivity contribution in [3.63, 3.8) is 0 Å². The summed E-state index contributed by atoms with van der Waals surface area (Å²) in [5, 5.41) is 2.94. The molecule has 0 bridgehead atoms. The Bertz CT molecular complexity index is 1350. The smallest absolute Gasteiger partial charge is 0.314 e. The van der Waals surface area contributed by atoms with Crippen molar-refractivity contribution in [2.24, 2.45) is 5.41 Å². The average molecular weight is 447 g/mol. The molecule has 0 spiro atoms. The van der Waals surface area contributed by atoms with Crippen LogP contribution in [0.1, 0.15) is 54.4 Å². The molecule has 1 fully saturated rings. The Balaban J connectivity index is 1.33. The van der Waals surface area contributed by atoms with Crippen molar-refractivity contribution in [1.29, 1.82) is 0 Å². The van der Waals surface area contributed by atoms with Gasteiger partial charge in [0.1, 0.15) is 0 Å². The van der Waals surface area contributed by atoms with Crippen LogP contribution < -0.4 is 16.4 Å². The summed E-state index contributed by atoms with van der Waals surface area (Å²) < 4.78 is 0. The number of benzene rings is 2. The Morgan fingerprint density at radius 2 is 1.67 bits per heavy atom. The quantitative estimate of drug-likeness (QED) is 0.522. The molecule has 0 radical (unpaired) electrons. The first-order valence-electron chi connectivity index (χ1n) is 11.4. The lowest BCUT2D eigenvalue weighted by molar-refractivity contribution is -0.119. The van der Waals surface area contributed by atoms with Gasteiger partial charge in [-0.25, -0.2) is 0 Å². The van der Waals surface area contributed by atoms with Crippen LogP contribution in [0.4, 0.5) is 5.69 Å². The van der Waals surface area contributed by atoms with Crippen LogP contribution in [0.15, 0.2) is 52.1 Å². The van der Waals surface area contributed by atoms with Gasteiger partial charge in [0.15, 0.2) is 0 Å². The summed E-state index contributed by atoms with van der Waals surface area (Å²) in [7, 11) is 0. The fourth-order valence-corrected chi connectivity index (χ4v) is 5.28. The molecule has 5 rings (SSSR count). The third kappa shape index (κ3) is 4.20. The van der Waals surface area contributed by atoms with Crippen molar-refractivity contribution in [1.82, 2.24) is 14.9 Å². The number of aromatic amines is 2. The monoisotopic (exact) mass is 446 g/mol. The summed E-state index contributed by atoms with van der Waals surface area (Å²) in [6.45, 7) is 1.16. The molecule has 0 saturated heterocycles. The zero-order chi connectivity index (χ0) is 23.0. The number of hydrogen-bond acceptors (Lipinski definition) is 4. The summed E-state index contributed by atoms with van der Waals surface area (Å²) in [5.74, 6) is -0.0735. The van der Waals surface area contributed by atoms with E-state index in [1.54, 1.807) is 18.2 Å². The minimum Gasteiger partial charge on any atom is -0.334 e. The number of H-pyrrole nitrogens is 2. The molecule has 8 heteroatoms. The highest BCUT2D eigenvalue weighted by atomic mass is 16.2. The summed E-state index contributed by atoms with van der Waals surface area (Å²) in [5.41, 5.74) is 1.60. The van der Waals surface area contributed by atoms with E-state index in [4.69, 9.17) is 0 Å². The predicted molar refractivity (Wildman–Crippen MR) is 125 cm³/mol. The molecule has 1 saturated carbocycles. The van der Waals surface area contributed by atoms with Crippen LogP contribution in [0, 0.1) is 5.41 Å². The molecule has 1 aliphatic heterocycles. The van der Waals surface area contributed by atoms with Crippen LogP contribution in [0.3, 0.4) is 0 Å². The van der Waals surface area contributed by atoms with Crippen molar-refractivity contribution < 1.29 is 9.59 Å². The van der Waals surface area contributed by atoms with Gasteiger partial charge in [-0.3, -0.25) is 19.2 Å². The largest absolute Gasteiger partial charge is 0.334 e. The van der Waals surface area contributed by atoms with Gasteiger partial charge in [0.25, 0.3) is 5.91 Å². The molecule has 3 N–H and O–H groups in total. The van der Waals surface area contributed by atoms with E-state index in [9.17, 15) is 19.2 Å². The van der Waals surface area contributed by atoms with Crippen LogP contribution in [0.25, 0.3) is 11.0 Å². The van der Waals surface area contributed by atoms with Gasteiger partial charge >= 0.3 is 11.1 Å². The molecule has 0 unspecified atom stereocenters. The number of hydrogen-bond donors (Lipinski definition) is 3. The number of amides is 2. The van der Waals surface area contributed by atoms with Crippen molar-refractivity contribution in [2.75, 3.05) is 11.9 Å². The van der Waals surface area contributed by atoms with E-state index in [2.05, 4.69) is 15.3 Å². The standard InChI is InChI=1S/C25H26N4O4/c30-21(26-17-8-9-19-20(12-17)28-23(32)22(31)27-19)13-25(10-4-1-5-11-25)15-29-14-16-6-2-3-7-18(16)24(29)33/h2-3,6-9,12H,1,4-5,10-11,13-15H2,(H,26,30)(H,27,31)(H,28,32). The SMILES string of the molecule is O=C(CC1(CN2Cc3ccccc3C2=O)CCCCC1)Nc1ccc2[nH]c(=O)c(=O)[nH]c2c1. The number of fused-ring (bicyclic) bond motifs is 2. The van der Waals surface area contributed by atoms with Gasteiger partial charge in [-0.1, -0.05) is 37.5 Å². The first-order valence-corrected chi connectivity index (χ1v) is 11.4. The van der Waals surface area contributed by atoms with E-state index >= 15 is 0 Å². The molecule has 8 nitrogen and oxygen atoms in total. The highest BCUT2D eigenvalue weighted by Gasteiger charge is 2.39. The van der Waals surface area contributed by atoms with Gasteiger partial charge in [-0.05, 0) is 48.1 Å². The molecular weight excluding hydrogens is 420 g/mol. The summed E-state index contributed by atoms with van der Waals surface area (Å²) in [4.78, 5) is 56.1. The Kier molecular flexibility index (Phi) is 5.36. The number of nitrogens with zero attached hydrogens (tertiary/aromatic N) is 1. The predicted octanol–water partition coefficient (Wildman–Crippen LogP) is 3.15. The summed E-state index contributed by atoms with van der Waals surface area (Å²) in [6.07, 6.45) is 5.39.